The predicted octanol–water partition coefficient (Wildman–Crippen LogP) is 0.496. The van der Waals surface area contributed by atoms with Gasteiger partial charge < -0.3 is 10.6 Å². The van der Waals surface area contributed by atoms with Gasteiger partial charge in [0.2, 0.25) is 11.8 Å². The average Bonchev–Trinajstić information content (AvgIpc) is 2.55. The third-order valence-corrected chi connectivity index (χ3v) is 3.93. The van der Waals surface area contributed by atoms with E-state index in [0.29, 0.717) is 37.9 Å². The zero-order chi connectivity index (χ0) is 16.2. The number of hydrogen-bond donors (Lipinski definition) is 3. The topological polar surface area (TPSA) is 99.7 Å². The van der Waals surface area contributed by atoms with E-state index < -0.39 is 0 Å². The Hall–Kier alpha value is -2.70. The summed E-state index contributed by atoms with van der Waals surface area (Å²) in [5, 5.41) is 9.43. The molecule has 3 rings (SSSR count). The molecule has 2 aliphatic rings. The summed E-state index contributed by atoms with van der Waals surface area (Å²) in [6, 6.07) is 5.93. The normalized spacial score (nSPS) is 16.8. The number of nitrogens with one attached hydrogen (secondary N) is 3. The highest BCUT2D eigenvalue weighted by Gasteiger charge is 2.18. The van der Waals surface area contributed by atoms with Crippen LogP contribution in [0, 0.1) is 0 Å². The number of carbonyl (C=O) groups excluding carboxylic acids is 3. The van der Waals surface area contributed by atoms with Crippen molar-refractivity contribution in [2.24, 2.45) is 5.10 Å². The summed E-state index contributed by atoms with van der Waals surface area (Å²) >= 11 is 0. The Balaban J connectivity index is 1.52. The lowest BCUT2D eigenvalue weighted by Crippen LogP contribution is -2.37. The zero-order valence-electron chi connectivity index (χ0n) is 12.6. The first-order valence-corrected chi connectivity index (χ1v) is 7.67. The van der Waals surface area contributed by atoms with Gasteiger partial charge in [-0.25, -0.2) is 5.43 Å². The van der Waals surface area contributed by atoms with Gasteiger partial charge in [0.05, 0.1) is 0 Å². The molecule has 0 saturated carbocycles. The van der Waals surface area contributed by atoms with Crippen molar-refractivity contribution in [1.82, 2.24) is 10.7 Å². The highest BCUT2D eigenvalue weighted by Crippen LogP contribution is 2.23. The second-order valence-corrected chi connectivity index (χ2v) is 5.64. The summed E-state index contributed by atoms with van der Waals surface area (Å²) in [5.74, 6) is -0.351. The summed E-state index contributed by atoms with van der Waals surface area (Å²) in [6.07, 6.45) is 2.63. The number of carbonyl (C=O) groups is 3. The molecule has 120 valence electrons. The van der Waals surface area contributed by atoms with Crippen LogP contribution in [0.5, 0.6) is 0 Å². The predicted molar refractivity (Wildman–Crippen MR) is 84.9 cm³/mol. The smallest absolute Gasteiger partial charge is 0.267 e. The van der Waals surface area contributed by atoms with Gasteiger partial charge in [-0.3, -0.25) is 14.4 Å². The van der Waals surface area contributed by atoms with Gasteiger partial charge in [0.25, 0.3) is 5.91 Å². The highest BCUT2D eigenvalue weighted by molar-refractivity contribution is 6.39. The summed E-state index contributed by atoms with van der Waals surface area (Å²) in [7, 11) is 0. The molecule has 0 spiro atoms. The lowest BCUT2D eigenvalue weighted by molar-refractivity contribution is -0.121. The molecule has 2 heterocycles. The number of hydrazone groups is 1. The number of nitrogens with zero attached hydrogens (tertiary/aromatic N) is 1. The molecule has 1 aromatic rings. The van der Waals surface area contributed by atoms with Gasteiger partial charge in [0.15, 0.2) is 0 Å². The quantitative estimate of drug-likeness (QED) is 0.754. The van der Waals surface area contributed by atoms with Gasteiger partial charge in [-0.15, -0.1) is 0 Å². The van der Waals surface area contributed by atoms with Crippen molar-refractivity contribution in [3.63, 3.8) is 0 Å². The third-order valence-electron chi connectivity index (χ3n) is 3.93. The van der Waals surface area contributed by atoms with Crippen molar-refractivity contribution in [3.05, 3.63) is 29.3 Å². The van der Waals surface area contributed by atoms with E-state index in [9.17, 15) is 14.4 Å². The fourth-order valence-electron chi connectivity index (χ4n) is 2.65. The molecule has 0 bridgehead atoms. The summed E-state index contributed by atoms with van der Waals surface area (Å²) in [4.78, 5) is 34.2. The lowest BCUT2D eigenvalue weighted by Gasteiger charge is -2.17. The van der Waals surface area contributed by atoms with Crippen LogP contribution in [-0.2, 0) is 27.2 Å². The minimum atomic E-state index is -0.241. The first-order valence-electron chi connectivity index (χ1n) is 7.67. The third kappa shape index (κ3) is 3.74. The molecule has 1 aromatic carbocycles. The molecule has 0 atom stereocenters. The second-order valence-electron chi connectivity index (χ2n) is 5.64. The first-order chi connectivity index (χ1) is 11.1. The van der Waals surface area contributed by atoms with Crippen molar-refractivity contribution in [2.75, 3.05) is 11.9 Å². The molecule has 0 aliphatic carbocycles. The number of fused-ring (bicyclic) bond motifs is 1. The molecule has 0 fully saturated rings. The summed E-state index contributed by atoms with van der Waals surface area (Å²) in [6.45, 7) is 0.497. The molecule has 7 heteroatoms. The van der Waals surface area contributed by atoms with Crippen LogP contribution >= 0.6 is 0 Å². The fourth-order valence-corrected chi connectivity index (χ4v) is 2.65. The van der Waals surface area contributed by atoms with Gasteiger partial charge in [-0.1, -0.05) is 12.1 Å². The molecule has 3 amide bonds. The average molecular weight is 314 g/mol. The number of anilines is 1. The Morgan fingerprint density at radius 1 is 1.13 bits per heavy atom. The van der Waals surface area contributed by atoms with Crippen molar-refractivity contribution in [2.45, 2.75) is 32.1 Å². The number of benzene rings is 1. The molecule has 3 N–H and O–H groups in total. The Morgan fingerprint density at radius 3 is 2.74 bits per heavy atom. The maximum atomic E-state index is 11.9. The van der Waals surface area contributed by atoms with E-state index in [-0.39, 0.29) is 17.7 Å². The van der Waals surface area contributed by atoms with E-state index in [4.69, 9.17) is 0 Å². The van der Waals surface area contributed by atoms with Crippen LogP contribution in [0.25, 0.3) is 0 Å². The van der Waals surface area contributed by atoms with Crippen LogP contribution in [-0.4, -0.2) is 30.0 Å². The van der Waals surface area contributed by atoms with Crippen LogP contribution in [0.3, 0.4) is 0 Å². The van der Waals surface area contributed by atoms with Crippen LogP contribution < -0.4 is 16.1 Å². The van der Waals surface area contributed by atoms with Crippen molar-refractivity contribution in [1.29, 1.82) is 0 Å². The largest absolute Gasteiger partial charge is 0.351 e. The minimum absolute atomic E-state index is 0.0536. The molecular weight excluding hydrogens is 296 g/mol. The number of amides is 3. The minimum Gasteiger partial charge on any atom is -0.351 e. The highest BCUT2D eigenvalue weighted by atomic mass is 16.2. The molecule has 0 saturated heterocycles. The van der Waals surface area contributed by atoms with Gasteiger partial charge in [0, 0.05) is 31.5 Å². The lowest BCUT2D eigenvalue weighted by atomic mass is 9.99. The Kier molecular flexibility index (Phi) is 4.36. The second kappa shape index (κ2) is 6.60. The van der Waals surface area contributed by atoms with Gasteiger partial charge in [0.1, 0.15) is 5.71 Å². The first kappa shape index (κ1) is 15.2. The zero-order valence-corrected chi connectivity index (χ0v) is 12.6. The van der Waals surface area contributed by atoms with Crippen molar-refractivity contribution in [3.8, 4) is 0 Å². The summed E-state index contributed by atoms with van der Waals surface area (Å²) in [5.41, 5.74) is 5.79. The molecular formula is C16H18N4O3. The maximum Gasteiger partial charge on any atom is 0.267 e. The van der Waals surface area contributed by atoms with Gasteiger partial charge in [-0.2, -0.15) is 5.10 Å². The molecule has 0 unspecified atom stereocenters. The van der Waals surface area contributed by atoms with Gasteiger partial charge in [-0.05, 0) is 30.0 Å². The summed E-state index contributed by atoms with van der Waals surface area (Å²) < 4.78 is 0. The Bertz CT molecular complexity index is 697. The monoisotopic (exact) mass is 314 g/mol. The maximum absolute atomic E-state index is 11.9. The molecule has 0 radical (unpaired) electrons. The molecule has 7 nitrogen and oxygen atoms in total. The number of aryl methyl sites for hydroxylation is 1. The SMILES string of the molecule is O=C1CCC(C(=O)NCCc2ccc3c(c2)CCC(=O)N3)=NN1. The van der Waals surface area contributed by atoms with E-state index in [1.165, 1.54) is 0 Å². The van der Waals surface area contributed by atoms with Crippen LogP contribution in [0.2, 0.25) is 0 Å². The number of rotatable bonds is 4. The van der Waals surface area contributed by atoms with Crippen LogP contribution in [0.1, 0.15) is 30.4 Å². The standard InChI is InChI=1S/C16H18N4O3/c21-14-5-2-11-9-10(1-3-12(11)18-14)7-8-17-16(23)13-4-6-15(22)20-19-13/h1,3,9H,2,4-8H2,(H,17,23)(H,18,21)(H,20,22). The van der Waals surface area contributed by atoms with E-state index in [1.807, 2.05) is 12.1 Å². The molecule has 23 heavy (non-hydrogen) atoms. The fraction of sp³-hybridized carbons (Fsp3) is 0.375. The van der Waals surface area contributed by atoms with Crippen molar-refractivity contribution < 1.29 is 14.4 Å². The Labute approximate surface area is 133 Å². The van der Waals surface area contributed by atoms with E-state index in [0.717, 1.165) is 23.2 Å². The van der Waals surface area contributed by atoms with E-state index in [2.05, 4.69) is 27.2 Å². The van der Waals surface area contributed by atoms with E-state index in [1.54, 1.807) is 0 Å². The molecule has 2 aliphatic heterocycles. The Morgan fingerprint density at radius 2 is 1.96 bits per heavy atom. The van der Waals surface area contributed by atoms with Crippen LogP contribution in [0.15, 0.2) is 23.3 Å². The molecule has 0 aromatic heterocycles. The van der Waals surface area contributed by atoms with Crippen LogP contribution in [0.4, 0.5) is 5.69 Å². The van der Waals surface area contributed by atoms with Gasteiger partial charge >= 0.3 is 0 Å². The number of hydrogen-bond acceptors (Lipinski definition) is 4. The van der Waals surface area contributed by atoms with E-state index >= 15 is 0 Å². The van der Waals surface area contributed by atoms with Crippen molar-refractivity contribution >= 4 is 29.1 Å².